The van der Waals surface area contributed by atoms with E-state index in [9.17, 15) is 9.59 Å². The van der Waals surface area contributed by atoms with Gasteiger partial charge in [-0.1, -0.05) is 0 Å². The van der Waals surface area contributed by atoms with Crippen molar-refractivity contribution in [1.82, 2.24) is 0 Å². The molecule has 0 fully saturated rings. The van der Waals surface area contributed by atoms with Gasteiger partial charge in [-0.15, -0.1) is 0 Å². The molecule has 0 aliphatic rings. The van der Waals surface area contributed by atoms with E-state index >= 15 is 0 Å². The molecule has 0 aliphatic carbocycles. The number of ether oxygens (including phenoxy) is 1. The minimum absolute atomic E-state index is 0.0168. The van der Waals surface area contributed by atoms with Crippen molar-refractivity contribution in [1.29, 1.82) is 0 Å². The largest absolute Gasteiger partial charge is 0.412 e. The lowest BCUT2D eigenvalue weighted by atomic mass is 10.4. The molecule has 0 atom stereocenters. The molecule has 0 aliphatic heterocycles. The van der Waals surface area contributed by atoms with Crippen LogP contribution in [0.3, 0.4) is 0 Å². The van der Waals surface area contributed by atoms with Crippen molar-refractivity contribution < 1.29 is 14.3 Å². The SMILES string of the molecule is NCCC(=O)OC(N)=O. The van der Waals surface area contributed by atoms with Gasteiger partial charge >= 0.3 is 12.1 Å². The first-order valence-corrected chi connectivity index (χ1v) is 2.37. The number of carbonyl (C=O) groups excluding carboxylic acids is 2. The summed E-state index contributed by atoms with van der Waals surface area (Å²) in [5.74, 6) is -0.690. The van der Waals surface area contributed by atoms with Gasteiger partial charge in [-0.3, -0.25) is 4.79 Å². The minimum Gasteiger partial charge on any atom is -0.376 e. The fraction of sp³-hybridized carbons (Fsp3) is 0.500. The summed E-state index contributed by atoms with van der Waals surface area (Å²) in [5.41, 5.74) is 9.45. The van der Waals surface area contributed by atoms with Crippen LogP contribution in [0.4, 0.5) is 4.79 Å². The predicted molar refractivity (Wildman–Crippen MR) is 29.3 cm³/mol. The van der Waals surface area contributed by atoms with Crippen LogP contribution in [0.2, 0.25) is 0 Å². The molecule has 9 heavy (non-hydrogen) atoms. The first-order chi connectivity index (χ1) is 4.16. The number of hydrogen-bond acceptors (Lipinski definition) is 4. The Bertz CT molecular complexity index is 123. The van der Waals surface area contributed by atoms with Crippen LogP contribution < -0.4 is 11.5 Å². The van der Waals surface area contributed by atoms with E-state index in [1.54, 1.807) is 0 Å². The monoisotopic (exact) mass is 132 g/mol. The van der Waals surface area contributed by atoms with Gasteiger partial charge in [0.2, 0.25) is 0 Å². The summed E-state index contributed by atoms with van der Waals surface area (Å²) in [6, 6.07) is 0. The Morgan fingerprint density at radius 3 is 2.33 bits per heavy atom. The van der Waals surface area contributed by atoms with E-state index < -0.39 is 12.1 Å². The number of nitrogens with two attached hydrogens (primary N) is 2. The van der Waals surface area contributed by atoms with Gasteiger partial charge in [-0.05, 0) is 0 Å². The Kier molecular flexibility index (Phi) is 3.38. The van der Waals surface area contributed by atoms with Gasteiger partial charge in [0, 0.05) is 6.54 Å². The van der Waals surface area contributed by atoms with E-state index in [0.717, 1.165) is 0 Å². The molecule has 0 saturated heterocycles. The smallest absolute Gasteiger partial charge is 0.376 e. The highest BCUT2D eigenvalue weighted by Gasteiger charge is 2.03. The van der Waals surface area contributed by atoms with Crippen LogP contribution in [0.1, 0.15) is 6.42 Å². The number of amides is 1. The fourth-order valence-electron chi connectivity index (χ4n) is 0.281. The highest BCUT2D eigenvalue weighted by Crippen LogP contribution is 1.81. The number of carbonyl (C=O) groups is 2. The second kappa shape index (κ2) is 3.85. The van der Waals surface area contributed by atoms with E-state index in [1.165, 1.54) is 0 Å². The van der Waals surface area contributed by atoms with Crippen LogP contribution in [0.15, 0.2) is 0 Å². The van der Waals surface area contributed by atoms with Crippen LogP contribution in [0.5, 0.6) is 0 Å². The third-order valence-corrected chi connectivity index (χ3v) is 0.563. The van der Waals surface area contributed by atoms with Crippen LogP contribution >= 0.6 is 0 Å². The minimum atomic E-state index is -1.09. The zero-order valence-electron chi connectivity index (χ0n) is 4.79. The first kappa shape index (κ1) is 7.90. The molecular formula is C4H8N2O3. The van der Waals surface area contributed by atoms with Crippen molar-refractivity contribution in [2.75, 3.05) is 6.54 Å². The Balaban J connectivity index is 3.39. The maximum absolute atomic E-state index is 10.3. The molecule has 0 rings (SSSR count). The molecular weight excluding hydrogens is 124 g/mol. The van der Waals surface area contributed by atoms with Crippen LogP contribution in [0, 0.1) is 0 Å². The van der Waals surface area contributed by atoms with E-state index in [1.807, 2.05) is 0 Å². The third-order valence-electron chi connectivity index (χ3n) is 0.563. The molecule has 0 saturated carbocycles. The molecule has 4 N–H and O–H groups in total. The summed E-state index contributed by atoms with van der Waals surface area (Å²) in [5, 5.41) is 0. The molecule has 5 heteroatoms. The van der Waals surface area contributed by atoms with Gasteiger partial charge in [0.25, 0.3) is 0 Å². The molecule has 0 radical (unpaired) electrons. The average Bonchev–Trinajstić information content (AvgIpc) is 1.63. The van der Waals surface area contributed by atoms with Crippen molar-refractivity contribution in [2.24, 2.45) is 11.5 Å². The maximum atomic E-state index is 10.3. The fourth-order valence-corrected chi connectivity index (χ4v) is 0.281. The van der Waals surface area contributed by atoms with E-state index in [0.29, 0.717) is 0 Å². The maximum Gasteiger partial charge on any atom is 0.412 e. The summed E-state index contributed by atoms with van der Waals surface area (Å²) in [6.45, 7) is 0.159. The molecule has 0 unspecified atom stereocenters. The Morgan fingerprint density at radius 1 is 1.44 bits per heavy atom. The number of rotatable bonds is 2. The molecule has 1 amide bonds. The Labute approximate surface area is 52.0 Å². The number of esters is 1. The molecule has 0 spiro atoms. The van der Waals surface area contributed by atoms with Crippen molar-refractivity contribution in [3.05, 3.63) is 0 Å². The second-order valence-electron chi connectivity index (χ2n) is 1.33. The Morgan fingerprint density at radius 2 is 2.00 bits per heavy atom. The summed E-state index contributed by atoms with van der Waals surface area (Å²) < 4.78 is 3.91. The van der Waals surface area contributed by atoms with Crippen LogP contribution in [0.25, 0.3) is 0 Å². The highest BCUT2D eigenvalue weighted by atomic mass is 16.6. The van der Waals surface area contributed by atoms with Crippen LogP contribution in [-0.2, 0) is 9.53 Å². The average molecular weight is 132 g/mol. The van der Waals surface area contributed by atoms with Crippen molar-refractivity contribution in [3.63, 3.8) is 0 Å². The first-order valence-electron chi connectivity index (χ1n) is 2.37. The summed E-state index contributed by atoms with van der Waals surface area (Å²) in [7, 11) is 0. The molecule has 0 heterocycles. The zero-order chi connectivity index (χ0) is 7.28. The van der Waals surface area contributed by atoms with Crippen molar-refractivity contribution >= 4 is 12.1 Å². The summed E-state index contributed by atoms with van der Waals surface area (Å²) >= 11 is 0. The van der Waals surface area contributed by atoms with E-state index in [2.05, 4.69) is 10.5 Å². The van der Waals surface area contributed by atoms with Gasteiger partial charge < -0.3 is 16.2 Å². The van der Waals surface area contributed by atoms with E-state index in [-0.39, 0.29) is 13.0 Å². The van der Waals surface area contributed by atoms with Gasteiger partial charge in [-0.2, -0.15) is 0 Å². The lowest BCUT2D eigenvalue weighted by Crippen LogP contribution is -2.20. The van der Waals surface area contributed by atoms with Gasteiger partial charge in [0.05, 0.1) is 6.42 Å². The quantitative estimate of drug-likeness (QED) is 0.370. The molecule has 0 aromatic carbocycles. The lowest BCUT2D eigenvalue weighted by molar-refractivity contribution is -0.136. The molecule has 0 bridgehead atoms. The summed E-state index contributed by atoms with van der Waals surface area (Å²) in [4.78, 5) is 20.1. The van der Waals surface area contributed by atoms with Crippen molar-refractivity contribution in [2.45, 2.75) is 6.42 Å². The molecule has 5 nitrogen and oxygen atoms in total. The summed E-state index contributed by atoms with van der Waals surface area (Å²) in [6.07, 6.45) is -1.07. The Hall–Kier alpha value is -1.10. The van der Waals surface area contributed by atoms with Gasteiger partial charge in [0.1, 0.15) is 0 Å². The predicted octanol–water partition coefficient (Wildman–Crippen LogP) is -1.04. The lowest BCUT2D eigenvalue weighted by Gasteiger charge is -1.94. The number of primary amides is 1. The topological polar surface area (TPSA) is 95.4 Å². The van der Waals surface area contributed by atoms with E-state index in [4.69, 9.17) is 5.73 Å². The standard InChI is InChI=1S/C4H8N2O3/c5-2-1-3(7)9-4(6)8/h1-2,5H2,(H2,6,8). The molecule has 52 valence electrons. The molecule has 0 aromatic heterocycles. The van der Waals surface area contributed by atoms with Gasteiger partial charge in [-0.25, -0.2) is 4.79 Å². The second-order valence-corrected chi connectivity index (χ2v) is 1.33. The third kappa shape index (κ3) is 4.76. The van der Waals surface area contributed by atoms with Crippen LogP contribution in [-0.4, -0.2) is 18.6 Å². The van der Waals surface area contributed by atoms with Crippen molar-refractivity contribution in [3.8, 4) is 0 Å². The van der Waals surface area contributed by atoms with Gasteiger partial charge in [0.15, 0.2) is 0 Å². The highest BCUT2D eigenvalue weighted by molar-refractivity contribution is 5.83. The molecule has 0 aromatic rings. The number of hydrogen-bond donors (Lipinski definition) is 2. The zero-order valence-corrected chi connectivity index (χ0v) is 4.79. The normalized spacial score (nSPS) is 8.56.